The molecule has 0 aliphatic heterocycles. The van der Waals surface area contributed by atoms with Gasteiger partial charge in [0, 0.05) is 24.8 Å². The number of benzene rings is 2. The first kappa shape index (κ1) is 20.1. The van der Waals surface area contributed by atoms with Crippen LogP contribution < -0.4 is 5.32 Å². The van der Waals surface area contributed by atoms with E-state index in [0.29, 0.717) is 17.0 Å². The molecule has 5 aromatic rings. The van der Waals surface area contributed by atoms with Crippen LogP contribution in [0.3, 0.4) is 0 Å². The van der Waals surface area contributed by atoms with Crippen LogP contribution in [0.4, 0.5) is 4.39 Å². The molecule has 1 amide bonds. The molecule has 3 aromatic heterocycles. The molecule has 0 aliphatic rings. The first-order valence-corrected chi connectivity index (χ1v) is 11.0. The third-order valence-corrected chi connectivity index (χ3v) is 6.20. The summed E-state index contributed by atoms with van der Waals surface area (Å²) in [5.41, 5.74) is 2.60. The molecule has 158 valence electrons. The number of aryl methyl sites for hydroxylation is 1. The second kappa shape index (κ2) is 8.36. The summed E-state index contributed by atoms with van der Waals surface area (Å²) in [5.74, 6) is -0.0373. The minimum absolute atomic E-state index is 0.279. The van der Waals surface area contributed by atoms with Crippen LogP contribution in [0.25, 0.3) is 21.5 Å². The van der Waals surface area contributed by atoms with Crippen molar-refractivity contribution in [2.24, 2.45) is 7.05 Å². The van der Waals surface area contributed by atoms with Crippen LogP contribution in [-0.2, 0) is 7.05 Å². The Morgan fingerprint density at radius 1 is 1.09 bits per heavy atom. The van der Waals surface area contributed by atoms with Crippen molar-refractivity contribution in [3.8, 4) is 10.6 Å². The zero-order valence-corrected chi connectivity index (χ0v) is 18.0. The SMILES string of the molecule is Cn1ccnc1C(NC(=O)c1cc(-c2cccs2)nc2ccccc12)c1cccc(F)c1. The van der Waals surface area contributed by atoms with Gasteiger partial charge in [-0.25, -0.2) is 14.4 Å². The predicted octanol–water partition coefficient (Wildman–Crippen LogP) is 5.36. The summed E-state index contributed by atoms with van der Waals surface area (Å²) in [5, 5.41) is 5.80. The molecule has 0 bridgehead atoms. The standard InChI is InChI=1S/C25H19FN4OS/c1-30-12-11-27-24(30)23(16-6-4-7-17(26)14-16)29-25(31)19-15-21(22-10-5-13-32-22)28-20-9-3-2-8-18(19)20/h2-15,23H,1H3,(H,29,31). The maximum absolute atomic E-state index is 14.0. The van der Waals surface area contributed by atoms with Gasteiger partial charge in [-0.05, 0) is 41.3 Å². The van der Waals surface area contributed by atoms with Crippen LogP contribution in [-0.4, -0.2) is 20.4 Å². The summed E-state index contributed by atoms with van der Waals surface area (Å²) >= 11 is 1.57. The van der Waals surface area contributed by atoms with Crippen LogP contribution in [0.5, 0.6) is 0 Å². The fourth-order valence-electron chi connectivity index (χ4n) is 3.76. The van der Waals surface area contributed by atoms with E-state index in [4.69, 9.17) is 4.98 Å². The number of thiophene rings is 1. The number of nitrogens with zero attached hydrogens (tertiary/aromatic N) is 3. The van der Waals surface area contributed by atoms with E-state index in [-0.39, 0.29) is 11.7 Å². The molecule has 1 N–H and O–H groups in total. The number of nitrogens with one attached hydrogen (secondary N) is 1. The van der Waals surface area contributed by atoms with Gasteiger partial charge in [0.15, 0.2) is 0 Å². The molecule has 2 aromatic carbocycles. The highest BCUT2D eigenvalue weighted by Crippen LogP contribution is 2.29. The van der Waals surface area contributed by atoms with Gasteiger partial charge in [-0.15, -0.1) is 11.3 Å². The number of fused-ring (bicyclic) bond motifs is 1. The molecule has 1 unspecified atom stereocenters. The van der Waals surface area contributed by atoms with Gasteiger partial charge >= 0.3 is 0 Å². The lowest BCUT2D eigenvalue weighted by Crippen LogP contribution is -2.31. The van der Waals surface area contributed by atoms with Gasteiger partial charge in [-0.1, -0.05) is 36.4 Å². The highest BCUT2D eigenvalue weighted by molar-refractivity contribution is 7.13. The van der Waals surface area contributed by atoms with Crippen molar-refractivity contribution in [3.63, 3.8) is 0 Å². The van der Waals surface area contributed by atoms with Gasteiger partial charge in [0.05, 0.1) is 21.7 Å². The predicted molar refractivity (Wildman–Crippen MR) is 124 cm³/mol. The number of amides is 1. The van der Waals surface area contributed by atoms with Crippen molar-refractivity contribution >= 4 is 28.1 Å². The fraction of sp³-hybridized carbons (Fsp3) is 0.0800. The number of halogens is 1. The summed E-state index contributed by atoms with van der Waals surface area (Å²) < 4.78 is 15.8. The fourth-order valence-corrected chi connectivity index (χ4v) is 4.45. The third kappa shape index (κ3) is 3.78. The molecular weight excluding hydrogens is 423 g/mol. The Kier molecular flexibility index (Phi) is 5.25. The van der Waals surface area contributed by atoms with E-state index in [1.54, 1.807) is 35.9 Å². The summed E-state index contributed by atoms with van der Waals surface area (Å²) in [4.78, 5) is 23.7. The van der Waals surface area contributed by atoms with Crippen LogP contribution in [0.1, 0.15) is 27.8 Å². The Balaban J connectivity index is 1.60. The van der Waals surface area contributed by atoms with Crippen molar-refractivity contribution in [1.29, 1.82) is 0 Å². The third-order valence-electron chi connectivity index (χ3n) is 5.31. The van der Waals surface area contributed by atoms with Crippen LogP contribution in [0.2, 0.25) is 0 Å². The number of hydrogen-bond acceptors (Lipinski definition) is 4. The Bertz CT molecular complexity index is 1410. The van der Waals surface area contributed by atoms with Gasteiger partial charge < -0.3 is 9.88 Å². The molecule has 1 atom stereocenters. The Morgan fingerprint density at radius 3 is 2.72 bits per heavy atom. The molecule has 0 aliphatic carbocycles. The molecular formula is C25H19FN4OS. The highest BCUT2D eigenvalue weighted by atomic mass is 32.1. The lowest BCUT2D eigenvalue weighted by Gasteiger charge is -2.20. The number of carbonyl (C=O) groups excluding carboxylic acids is 1. The van der Waals surface area contributed by atoms with E-state index in [9.17, 15) is 9.18 Å². The molecule has 5 rings (SSSR count). The first-order valence-electron chi connectivity index (χ1n) is 10.1. The first-order chi connectivity index (χ1) is 15.6. The normalized spacial score (nSPS) is 12.1. The second-order valence-electron chi connectivity index (χ2n) is 7.41. The number of hydrogen-bond donors (Lipinski definition) is 1. The van der Waals surface area contributed by atoms with E-state index in [1.807, 2.05) is 59.5 Å². The summed E-state index contributed by atoms with van der Waals surface area (Å²) in [6, 6.07) is 18.9. The average molecular weight is 443 g/mol. The Morgan fingerprint density at radius 2 is 1.97 bits per heavy atom. The molecule has 32 heavy (non-hydrogen) atoms. The monoisotopic (exact) mass is 442 g/mol. The van der Waals surface area contributed by atoms with E-state index >= 15 is 0 Å². The molecule has 5 nitrogen and oxygen atoms in total. The summed E-state index contributed by atoms with van der Waals surface area (Å²) in [7, 11) is 1.84. The van der Waals surface area contributed by atoms with E-state index in [0.717, 1.165) is 21.5 Å². The van der Waals surface area contributed by atoms with E-state index < -0.39 is 6.04 Å². The highest BCUT2D eigenvalue weighted by Gasteiger charge is 2.23. The molecule has 0 saturated carbocycles. The van der Waals surface area contributed by atoms with Gasteiger partial charge in [0.25, 0.3) is 5.91 Å². The van der Waals surface area contributed by atoms with E-state index in [2.05, 4.69) is 10.3 Å². The molecule has 0 saturated heterocycles. The second-order valence-corrected chi connectivity index (χ2v) is 8.36. The molecule has 7 heteroatoms. The topological polar surface area (TPSA) is 59.8 Å². The van der Waals surface area contributed by atoms with Crippen molar-refractivity contribution in [1.82, 2.24) is 19.9 Å². The average Bonchev–Trinajstić information content (AvgIpc) is 3.49. The molecule has 0 spiro atoms. The zero-order valence-electron chi connectivity index (χ0n) is 17.2. The van der Waals surface area contributed by atoms with Crippen molar-refractivity contribution < 1.29 is 9.18 Å². The van der Waals surface area contributed by atoms with Crippen LogP contribution >= 0.6 is 11.3 Å². The number of rotatable bonds is 5. The largest absolute Gasteiger partial charge is 0.338 e. The molecule has 0 radical (unpaired) electrons. The quantitative estimate of drug-likeness (QED) is 0.399. The van der Waals surface area contributed by atoms with Crippen LogP contribution in [0, 0.1) is 5.82 Å². The Hall–Kier alpha value is -3.84. The van der Waals surface area contributed by atoms with Crippen molar-refractivity contribution in [3.05, 3.63) is 107 Å². The number of aromatic nitrogens is 3. The van der Waals surface area contributed by atoms with E-state index in [1.165, 1.54) is 12.1 Å². The van der Waals surface area contributed by atoms with Gasteiger partial charge in [0.2, 0.25) is 0 Å². The molecule has 0 fully saturated rings. The van der Waals surface area contributed by atoms with Crippen LogP contribution in [0.15, 0.2) is 84.5 Å². The minimum Gasteiger partial charge on any atom is -0.338 e. The number of carbonyl (C=O) groups is 1. The number of para-hydroxylation sites is 1. The summed E-state index contributed by atoms with van der Waals surface area (Å²) in [6.07, 6.45) is 3.45. The van der Waals surface area contributed by atoms with Crippen molar-refractivity contribution in [2.45, 2.75) is 6.04 Å². The molecule has 3 heterocycles. The maximum Gasteiger partial charge on any atom is 0.252 e. The number of imidazole rings is 1. The lowest BCUT2D eigenvalue weighted by atomic mass is 10.0. The smallest absolute Gasteiger partial charge is 0.252 e. The number of pyridine rings is 1. The maximum atomic E-state index is 14.0. The van der Waals surface area contributed by atoms with Gasteiger partial charge in [0.1, 0.15) is 17.7 Å². The van der Waals surface area contributed by atoms with Gasteiger partial charge in [-0.2, -0.15) is 0 Å². The minimum atomic E-state index is -0.615. The summed E-state index contributed by atoms with van der Waals surface area (Å²) in [6.45, 7) is 0. The van der Waals surface area contributed by atoms with Gasteiger partial charge in [-0.3, -0.25) is 4.79 Å². The zero-order chi connectivity index (χ0) is 22.1. The Labute approximate surface area is 188 Å². The van der Waals surface area contributed by atoms with Crippen molar-refractivity contribution in [2.75, 3.05) is 0 Å². The lowest BCUT2D eigenvalue weighted by molar-refractivity contribution is 0.0942.